The van der Waals surface area contributed by atoms with E-state index in [2.05, 4.69) is 41.4 Å². The first-order valence-corrected chi connectivity index (χ1v) is 6.80. The lowest BCUT2D eigenvalue weighted by Gasteiger charge is -2.04. The van der Waals surface area contributed by atoms with Gasteiger partial charge < -0.3 is 10.5 Å². The Bertz CT molecular complexity index is 732. The highest BCUT2D eigenvalue weighted by atomic mass is 16.5. The van der Waals surface area contributed by atoms with Gasteiger partial charge in [0.25, 0.3) is 0 Å². The van der Waals surface area contributed by atoms with Gasteiger partial charge in [-0.3, -0.25) is 5.10 Å². The minimum atomic E-state index is 0.433. The normalized spacial score (nSPS) is 10.5. The highest BCUT2D eigenvalue weighted by Gasteiger charge is 2.04. The molecule has 4 nitrogen and oxygen atoms in total. The largest absolute Gasteiger partial charge is 0.487 e. The third-order valence-electron chi connectivity index (χ3n) is 3.23. The number of benzene rings is 2. The number of nitrogen functional groups attached to an aromatic ring is 1. The predicted molar refractivity (Wildman–Crippen MR) is 83.9 cm³/mol. The number of ether oxygens (including phenoxy) is 1. The van der Waals surface area contributed by atoms with Crippen LogP contribution in [-0.2, 0) is 6.61 Å². The smallest absolute Gasteiger partial charge is 0.130 e. The van der Waals surface area contributed by atoms with E-state index >= 15 is 0 Å². The van der Waals surface area contributed by atoms with Crippen LogP contribution in [0.1, 0.15) is 11.3 Å². The summed E-state index contributed by atoms with van der Waals surface area (Å²) in [6, 6.07) is 17.7. The summed E-state index contributed by atoms with van der Waals surface area (Å²) in [4.78, 5) is 0. The molecule has 1 heterocycles. The second-order valence-corrected chi connectivity index (χ2v) is 5.01. The van der Waals surface area contributed by atoms with Gasteiger partial charge in [-0.25, -0.2) is 0 Å². The van der Waals surface area contributed by atoms with Crippen LogP contribution in [0.4, 0.5) is 5.69 Å². The van der Waals surface area contributed by atoms with Gasteiger partial charge in [-0.05, 0) is 25.1 Å². The number of hydrogen-bond acceptors (Lipinski definition) is 3. The van der Waals surface area contributed by atoms with Gasteiger partial charge in [-0.2, -0.15) is 5.10 Å². The first kappa shape index (κ1) is 13.2. The van der Waals surface area contributed by atoms with E-state index in [9.17, 15) is 0 Å². The molecule has 3 N–H and O–H groups in total. The Morgan fingerprint density at radius 3 is 2.67 bits per heavy atom. The Labute approximate surface area is 123 Å². The van der Waals surface area contributed by atoms with Crippen molar-refractivity contribution in [3.8, 4) is 17.0 Å². The summed E-state index contributed by atoms with van der Waals surface area (Å²) in [5.74, 6) is 0.751. The second kappa shape index (κ2) is 5.71. The second-order valence-electron chi connectivity index (χ2n) is 5.01. The van der Waals surface area contributed by atoms with Gasteiger partial charge in [0.1, 0.15) is 12.4 Å². The van der Waals surface area contributed by atoms with Gasteiger partial charge in [0.15, 0.2) is 0 Å². The zero-order valence-electron chi connectivity index (χ0n) is 11.8. The Morgan fingerprint density at radius 2 is 1.90 bits per heavy atom. The molecule has 0 bridgehead atoms. The highest BCUT2D eigenvalue weighted by Crippen LogP contribution is 2.20. The quantitative estimate of drug-likeness (QED) is 0.718. The summed E-state index contributed by atoms with van der Waals surface area (Å²) in [5.41, 5.74) is 10.6. The Morgan fingerprint density at radius 1 is 1.10 bits per heavy atom. The van der Waals surface area contributed by atoms with Crippen LogP contribution in [0, 0.1) is 6.92 Å². The zero-order valence-corrected chi connectivity index (χ0v) is 11.8. The van der Waals surface area contributed by atoms with Crippen LogP contribution in [0.15, 0.2) is 54.6 Å². The van der Waals surface area contributed by atoms with E-state index < -0.39 is 0 Å². The fourth-order valence-corrected chi connectivity index (χ4v) is 2.07. The van der Waals surface area contributed by atoms with Crippen LogP contribution in [0.5, 0.6) is 5.75 Å². The van der Waals surface area contributed by atoms with Crippen molar-refractivity contribution in [2.75, 3.05) is 5.73 Å². The van der Waals surface area contributed by atoms with Crippen LogP contribution in [0.2, 0.25) is 0 Å². The van der Waals surface area contributed by atoms with Crippen molar-refractivity contribution in [2.24, 2.45) is 0 Å². The third kappa shape index (κ3) is 3.23. The van der Waals surface area contributed by atoms with Gasteiger partial charge in [0, 0.05) is 17.3 Å². The van der Waals surface area contributed by atoms with Gasteiger partial charge in [0.2, 0.25) is 0 Å². The Hall–Kier alpha value is -2.75. The van der Waals surface area contributed by atoms with Crippen molar-refractivity contribution in [1.29, 1.82) is 0 Å². The number of nitrogens with one attached hydrogen (secondary N) is 1. The van der Waals surface area contributed by atoms with Crippen molar-refractivity contribution >= 4 is 5.69 Å². The van der Waals surface area contributed by atoms with Gasteiger partial charge in [0.05, 0.1) is 11.4 Å². The number of aromatic nitrogens is 2. The van der Waals surface area contributed by atoms with E-state index in [1.807, 2.05) is 24.3 Å². The molecule has 0 aliphatic heterocycles. The maximum absolute atomic E-state index is 5.72. The Kier molecular flexibility index (Phi) is 3.60. The van der Waals surface area contributed by atoms with Gasteiger partial charge in [-0.15, -0.1) is 0 Å². The van der Waals surface area contributed by atoms with Gasteiger partial charge in [-0.1, -0.05) is 35.9 Å². The lowest BCUT2D eigenvalue weighted by Crippen LogP contribution is -1.96. The lowest BCUT2D eigenvalue weighted by molar-refractivity contribution is 0.301. The maximum atomic E-state index is 5.72. The summed E-state index contributed by atoms with van der Waals surface area (Å²) in [5, 5.41) is 7.31. The van der Waals surface area contributed by atoms with E-state index in [0.717, 1.165) is 22.7 Å². The fraction of sp³-hybridized carbons (Fsp3) is 0.118. The molecule has 0 saturated heterocycles. The number of anilines is 1. The minimum Gasteiger partial charge on any atom is -0.487 e. The molecule has 0 radical (unpaired) electrons. The van der Waals surface area contributed by atoms with E-state index in [1.165, 1.54) is 5.56 Å². The van der Waals surface area contributed by atoms with Crippen LogP contribution >= 0.6 is 0 Å². The zero-order chi connectivity index (χ0) is 14.7. The molecule has 0 aliphatic carbocycles. The predicted octanol–water partition coefficient (Wildman–Crippen LogP) is 3.55. The molecule has 0 saturated carbocycles. The SMILES string of the molecule is Cc1ccc(-c2cc(COc3cccc(N)c3)[nH]n2)cc1. The molecule has 4 heteroatoms. The molecule has 0 amide bonds. The molecule has 106 valence electrons. The van der Waals surface area contributed by atoms with Crippen LogP contribution < -0.4 is 10.5 Å². The van der Waals surface area contributed by atoms with E-state index in [0.29, 0.717) is 12.3 Å². The lowest BCUT2D eigenvalue weighted by atomic mass is 10.1. The fourth-order valence-electron chi connectivity index (χ4n) is 2.07. The number of nitrogens with zero attached hydrogens (tertiary/aromatic N) is 1. The number of nitrogens with two attached hydrogens (primary N) is 1. The van der Waals surface area contributed by atoms with E-state index in [4.69, 9.17) is 10.5 Å². The van der Waals surface area contributed by atoms with E-state index in [1.54, 1.807) is 6.07 Å². The van der Waals surface area contributed by atoms with Crippen molar-refractivity contribution in [1.82, 2.24) is 10.2 Å². The summed E-state index contributed by atoms with van der Waals surface area (Å²) >= 11 is 0. The first-order valence-electron chi connectivity index (χ1n) is 6.80. The molecule has 0 atom stereocenters. The Balaban J connectivity index is 1.69. The van der Waals surface area contributed by atoms with Gasteiger partial charge >= 0.3 is 0 Å². The average molecular weight is 279 g/mol. The number of aryl methyl sites for hydroxylation is 1. The van der Waals surface area contributed by atoms with Crippen molar-refractivity contribution in [3.05, 3.63) is 65.9 Å². The van der Waals surface area contributed by atoms with Crippen LogP contribution in [-0.4, -0.2) is 10.2 Å². The highest BCUT2D eigenvalue weighted by molar-refractivity contribution is 5.59. The molecule has 0 spiro atoms. The van der Waals surface area contributed by atoms with E-state index in [-0.39, 0.29) is 0 Å². The summed E-state index contributed by atoms with van der Waals surface area (Å²) < 4.78 is 5.69. The van der Waals surface area contributed by atoms with Crippen molar-refractivity contribution < 1.29 is 4.74 Å². The maximum Gasteiger partial charge on any atom is 0.130 e. The number of hydrogen-bond donors (Lipinski definition) is 2. The average Bonchev–Trinajstić information content (AvgIpc) is 2.95. The van der Waals surface area contributed by atoms with Crippen LogP contribution in [0.25, 0.3) is 11.3 Å². The molecule has 0 fully saturated rings. The molecule has 1 aromatic heterocycles. The van der Waals surface area contributed by atoms with Crippen LogP contribution in [0.3, 0.4) is 0 Å². The number of rotatable bonds is 4. The van der Waals surface area contributed by atoms with Crippen molar-refractivity contribution in [3.63, 3.8) is 0 Å². The minimum absolute atomic E-state index is 0.433. The summed E-state index contributed by atoms with van der Waals surface area (Å²) in [6.45, 7) is 2.50. The number of aromatic amines is 1. The first-order chi connectivity index (χ1) is 10.2. The molecule has 0 unspecified atom stereocenters. The summed E-state index contributed by atoms with van der Waals surface area (Å²) in [6.07, 6.45) is 0. The number of H-pyrrole nitrogens is 1. The third-order valence-corrected chi connectivity index (χ3v) is 3.23. The van der Waals surface area contributed by atoms with Crippen molar-refractivity contribution in [2.45, 2.75) is 13.5 Å². The molecule has 3 aromatic rings. The standard InChI is InChI=1S/C17H17N3O/c1-12-5-7-13(8-6-12)17-10-15(19-20-17)11-21-16-4-2-3-14(18)9-16/h2-10H,11,18H2,1H3,(H,19,20). The molecular weight excluding hydrogens is 262 g/mol. The molecule has 0 aliphatic rings. The molecule has 2 aromatic carbocycles. The summed E-state index contributed by atoms with van der Waals surface area (Å²) in [7, 11) is 0. The topological polar surface area (TPSA) is 63.9 Å². The molecule has 21 heavy (non-hydrogen) atoms. The molecular formula is C17H17N3O. The molecule has 3 rings (SSSR count). The monoisotopic (exact) mass is 279 g/mol.